The summed E-state index contributed by atoms with van der Waals surface area (Å²) >= 11 is 0. The highest BCUT2D eigenvalue weighted by Gasteiger charge is 2.08. The predicted octanol–water partition coefficient (Wildman–Crippen LogP) is 0.592. The summed E-state index contributed by atoms with van der Waals surface area (Å²) in [4.78, 5) is 2.54. The van der Waals surface area contributed by atoms with E-state index in [1.54, 1.807) is 5.57 Å². The highest BCUT2D eigenvalue weighted by Crippen LogP contribution is 2.12. The fraction of sp³-hybridized carbons (Fsp3) is 0.833. The first-order chi connectivity index (χ1) is 7.45. The van der Waals surface area contributed by atoms with Crippen LogP contribution in [-0.2, 0) is 0 Å². The quantitative estimate of drug-likeness (QED) is 0.652. The van der Waals surface area contributed by atoms with E-state index in [-0.39, 0.29) is 0 Å². The first-order valence-electron chi connectivity index (χ1n) is 6.27. The topological polar surface area (TPSA) is 27.3 Å². The minimum absolute atomic E-state index is 1.16. The van der Waals surface area contributed by atoms with Gasteiger partial charge in [-0.2, -0.15) is 0 Å². The molecular weight excluding hydrogens is 186 g/mol. The lowest BCUT2D eigenvalue weighted by Gasteiger charge is -2.26. The molecule has 0 atom stereocenters. The number of hydrogen-bond donors (Lipinski definition) is 2. The van der Waals surface area contributed by atoms with Crippen molar-refractivity contribution in [3.8, 4) is 0 Å². The molecule has 0 aromatic carbocycles. The molecule has 3 heteroatoms. The van der Waals surface area contributed by atoms with Crippen LogP contribution in [0.1, 0.15) is 19.3 Å². The summed E-state index contributed by atoms with van der Waals surface area (Å²) in [5.41, 5.74) is 1.67. The third-order valence-corrected chi connectivity index (χ3v) is 3.32. The van der Waals surface area contributed by atoms with Crippen molar-refractivity contribution in [2.75, 3.05) is 45.8 Å². The molecule has 2 heterocycles. The Labute approximate surface area is 92.9 Å². The summed E-state index contributed by atoms with van der Waals surface area (Å²) in [6, 6.07) is 0. The number of hydrogen-bond acceptors (Lipinski definition) is 3. The number of nitrogens with one attached hydrogen (secondary N) is 2. The normalized spacial score (nSPS) is 27.9. The van der Waals surface area contributed by atoms with Crippen LogP contribution in [0.15, 0.2) is 11.6 Å². The van der Waals surface area contributed by atoms with Gasteiger partial charge in [0.05, 0.1) is 0 Å². The molecule has 0 saturated carbocycles. The van der Waals surface area contributed by atoms with Crippen LogP contribution in [0.5, 0.6) is 0 Å². The average Bonchev–Trinajstić information content (AvgIpc) is 2.56. The van der Waals surface area contributed by atoms with Crippen LogP contribution in [0.3, 0.4) is 0 Å². The van der Waals surface area contributed by atoms with Gasteiger partial charge in [-0.15, -0.1) is 0 Å². The average molecular weight is 209 g/mol. The van der Waals surface area contributed by atoms with Crippen molar-refractivity contribution in [1.29, 1.82) is 0 Å². The Balaban J connectivity index is 1.75. The van der Waals surface area contributed by atoms with E-state index in [0.29, 0.717) is 0 Å². The molecule has 0 amide bonds. The first kappa shape index (κ1) is 11.1. The molecule has 3 nitrogen and oxygen atoms in total. The molecule has 0 unspecified atom stereocenters. The van der Waals surface area contributed by atoms with Gasteiger partial charge < -0.3 is 10.6 Å². The second-order valence-corrected chi connectivity index (χ2v) is 4.52. The van der Waals surface area contributed by atoms with Crippen molar-refractivity contribution in [3.05, 3.63) is 11.6 Å². The van der Waals surface area contributed by atoms with Crippen molar-refractivity contribution < 1.29 is 0 Å². The summed E-state index contributed by atoms with van der Waals surface area (Å²) in [5, 5.41) is 6.84. The molecule has 2 rings (SSSR count). The Hall–Kier alpha value is -0.380. The van der Waals surface area contributed by atoms with Gasteiger partial charge in [-0.05, 0) is 32.4 Å². The van der Waals surface area contributed by atoms with Crippen LogP contribution in [0.25, 0.3) is 0 Å². The van der Waals surface area contributed by atoms with Gasteiger partial charge >= 0.3 is 0 Å². The monoisotopic (exact) mass is 209 g/mol. The standard InChI is InChI=1S/C12H23N3/c1-2-12(3-6-13-5-1)4-9-15-10-7-14-8-11-15/h4,13-14H,1-3,5-11H2/b12-4+. The Bertz CT molecular complexity index is 197. The molecule has 0 aromatic rings. The van der Waals surface area contributed by atoms with Crippen LogP contribution in [0.2, 0.25) is 0 Å². The third kappa shape index (κ3) is 3.93. The van der Waals surface area contributed by atoms with E-state index in [4.69, 9.17) is 0 Å². The van der Waals surface area contributed by atoms with Crippen molar-refractivity contribution >= 4 is 0 Å². The van der Waals surface area contributed by atoms with Gasteiger partial charge in [0, 0.05) is 32.7 Å². The first-order valence-corrected chi connectivity index (χ1v) is 6.27. The zero-order valence-electron chi connectivity index (χ0n) is 9.60. The van der Waals surface area contributed by atoms with E-state index in [1.165, 1.54) is 45.4 Å². The van der Waals surface area contributed by atoms with Crippen molar-refractivity contribution in [2.24, 2.45) is 0 Å². The third-order valence-electron chi connectivity index (χ3n) is 3.32. The van der Waals surface area contributed by atoms with Crippen molar-refractivity contribution in [1.82, 2.24) is 15.5 Å². The van der Waals surface area contributed by atoms with Crippen molar-refractivity contribution in [3.63, 3.8) is 0 Å². The fourth-order valence-electron chi connectivity index (χ4n) is 2.30. The van der Waals surface area contributed by atoms with E-state index >= 15 is 0 Å². The summed E-state index contributed by atoms with van der Waals surface area (Å²) in [5.74, 6) is 0. The molecule has 0 bridgehead atoms. The molecule has 2 N–H and O–H groups in total. The van der Waals surface area contributed by atoms with E-state index in [9.17, 15) is 0 Å². The van der Waals surface area contributed by atoms with Crippen LogP contribution < -0.4 is 10.6 Å². The van der Waals surface area contributed by atoms with E-state index < -0.39 is 0 Å². The lowest BCUT2D eigenvalue weighted by Crippen LogP contribution is -2.43. The summed E-state index contributed by atoms with van der Waals surface area (Å²) in [6.07, 6.45) is 6.34. The molecular formula is C12H23N3. The maximum atomic E-state index is 3.45. The largest absolute Gasteiger partial charge is 0.316 e. The van der Waals surface area contributed by atoms with Gasteiger partial charge in [-0.3, -0.25) is 4.90 Å². The zero-order chi connectivity index (χ0) is 10.3. The van der Waals surface area contributed by atoms with E-state index in [1.807, 2.05) is 0 Å². The van der Waals surface area contributed by atoms with Crippen LogP contribution in [0.4, 0.5) is 0 Å². The maximum absolute atomic E-state index is 3.45. The minimum Gasteiger partial charge on any atom is -0.316 e. The van der Waals surface area contributed by atoms with Gasteiger partial charge in [-0.1, -0.05) is 11.6 Å². The van der Waals surface area contributed by atoms with Gasteiger partial charge in [0.25, 0.3) is 0 Å². The Morgan fingerprint density at radius 1 is 1.00 bits per heavy atom. The molecule has 2 aliphatic heterocycles. The van der Waals surface area contributed by atoms with Gasteiger partial charge in [0.15, 0.2) is 0 Å². The number of nitrogens with zero attached hydrogens (tertiary/aromatic N) is 1. The van der Waals surface area contributed by atoms with E-state index in [0.717, 1.165) is 19.6 Å². The SMILES string of the molecule is C(/CN1CCNCC1)=C1/CCCNCC1. The Morgan fingerprint density at radius 2 is 1.80 bits per heavy atom. The molecule has 15 heavy (non-hydrogen) atoms. The van der Waals surface area contributed by atoms with Crippen LogP contribution in [-0.4, -0.2) is 50.7 Å². The number of piperazine rings is 1. The number of rotatable bonds is 2. The van der Waals surface area contributed by atoms with Crippen LogP contribution in [0, 0.1) is 0 Å². The highest BCUT2D eigenvalue weighted by atomic mass is 15.2. The van der Waals surface area contributed by atoms with Gasteiger partial charge in [0.2, 0.25) is 0 Å². The lowest BCUT2D eigenvalue weighted by atomic mass is 10.1. The maximum Gasteiger partial charge on any atom is 0.0166 e. The molecule has 2 aliphatic rings. The molecule has 2 fully saturated rings. The zero-order valence-corrected chi connectivity index (χ0v) is 9.60. The summed E-state index contributed by atoms with van der Waals surface area (Å²) < 4.78 is 0. The second-order valence-electron chi connectivity index (χ2n) is 4.52. The summed E-state index contributed by atoms with van der Waals surface area (Å²) in [7, 11) is 0. The molecule has 0 aromatic heterocycles. The molecule has 86 valence electrons. The molecule has 2 saturated heterocycles. The Kier molecular flexibility index (Phi) is 4.64. The molecule has 0 spiro atoms. The van der Waals surface area contributed by atoms with E-state index in [2.05, 4.69) is 21.6 Å². The smallest absolute Gasteiger partial charge is 0.0166 e. The second kappa shape index (κ2) is 6.26. The molecule has 0 aliphatic carbocycles. The fourth-order valence-corrected chi connectivity index (χ4v) is 2.30. The molecule has 0 radical (unpaired) electrons. The van der Waals surface area contributed by atoms with Gasteiger partial charge in [-0.25, -0.2) is 0 Å². The summed E-state index contributed by atoms with van der Waals surface area (Å²) in [6.45, 7) is 8.27. The highest BCUT2D eigenvalue weighted by molar-refractivity contribution is 5.05. The minimum atomic E-state index is 1.16. The Morgan fingerprint density at radius 3 is 2.67 bits per heavy atom. The predicted molar refractivity (Wildman–Crippen MR) is 64.1 cm³/mol. The van der Waals surface area contributed by atoms with Gasteiger partial charge in [0.1, 0.15) is 0 Å². The van der Waals surface area contributed by atoms with Crippen LogP contribution >= 0.6 is 0 Å². The van der Waals surface area contributed by atoms with Crippen molar-refractivity contribution in [2.45, 2.75) is 19.3 Å². The lowest BCUT2D eigenvalue weighted by molar-refractivity contribution is 0.264.